The molecular weight excluding hydrogens is 290 g/mol. The van der Waals surface area contributed by atoms with E-state index in [1.165, 1.54) is 6.20 Å². The van der Waals surface area contributed by atoms with Crippen LogP contribution in [0, 0.1) is 0 Å². The number of hydrogen-bond acceptors (Lipinski definition) is 3. The third-order valence-electron chi connectivity index (χ3n) is 3.57. The van der Waals surface area contributed by atoms with E-state index in [0.717, 1.165) is 16.5 Å². The van der Waals surface area contributed by atoms with Crippen molar-refractivity contribution in [2.24, 2.45) is 0 Å². The summed E-state index contributed by atoms with van der Waals surface area (Å²) >= 11 is 0. The lowest BCUT2D eigenvalue weighted by molar-refractivity contribution is 0.102. The molecule has 0 fully saturated rings. The van der Waals surface area contributed by atoms with Gasteiger partial charge in [0.15, 0.2) is 0 Å². The highest BCUT2D eigenvalue weighted by atomic mass is 16.1. The second-order valence-electron chi connectivity index (χ2n) is 5.14. The van der Waals surface area contributed by atoms with Crippen LogP contribution >= 0.6 is 0 Å². The number of carbonyl (C=O) groups excluding carboxylic acids is 1. The van der Waals surface area contributed by atoms with Crippen LogP contribution < -0.4 is 5.32 Å². The summed E-state index contributed by atoms with van der Waals surface area (Å²) in [5.74, 6) is 0.434. The molecule has 0 saturated heterocycles. The number of rotatable bonds is 3. The summed E-state index contributed by atoms with van der Waals surface area (Å²) in [6.45, 7) is 0. The van der Waals surface area contributed by atoms with E-state index in [-0.39, 0.29) is 5.91 Å². The van der Waals surface area contributed by atoms with Crippen molar-refractivity contribution in [1.29, 1.82) is 0 Å². The van der Waals surface area contributed by atoms with Crippen LogP contribution in [0.1, 0.15) is 10.5 Å². The van der Waals surface area contributed by atoms with Crippen molar-refractivity contribution < 1.29 is 4.79 Å². The predicted octanol–water partition coefficient (Wildman–Crippen LogP) is 3.21. The second kappa shape index (κ2) is 5.42. The van der Waals surface area contributed by atoms with Gasteiger partial charge < -0.3 is 10.3 Å². The molecule has 23 heavy (non-hydrogen) atoms. The van der Waals surface area contributed by atoms with Crippen LogP contribution in [-0.4, -0.2) is 26.1 Å². The fraction of sp³-hybridized carbons (Fsp3) is 0. The maximum Gasteiger partial charge on any atom is 0.273 e. The number of nitrogens with one attached hydrogen (secondary N) is 3. The fourth-order valence-electron chi connectivity index (χ4n) is 2.40. The van der Waals surface area contributed by atoms with E-state index in [9.17, 15) is 4.79 Å². The number of aromatic amines is 2. The number of aromatic nitrogens is 4. The number of imidazole rings is 1. The van der Waals surface area contributed by atoms with Crippen molar-refractivity contribution in [1.82, 2.24) is 20.2 Å². The maximum absolute atomic E-state index is 12.3. The smallest absolute Gasteiger partial charge is 0.273 e. The molecule has 112 valence electrons. The Balaban J connectivity index is 1.56. The van der Waals surface area contributed by atoms with Gasteiger partial charge in [0, 0.05) is 16.6 Å². The maximum atomic E-state index is 12.3. The summed E-state index contributed by atoms with van der Waals surface area (Å²) in [4.78, 5) is 19.6. The highest BCUT2D eigenvalue weighted by Gasteiger charge is 2.11. The molecule has 2 aromatic carbocycles. The molecule has 3 N–H and O–H groups in total. The van der Waals surface area contributed by atoms with E-state index in [1.54, 1.807) is 6.20 Å². The highest BCUT2D eigenvalue weighted by Crippen LogP contribution is 2.18. The molecule has 0 atom stereocenters. The number of nitrogens with zero attached hydrogens (tertiary/aromatic N) is 2. The average Bonchev–Trinajstić information content (AvgIpc) is 3.24. The molecule has 4 aromatic rings. The first kappa shape index (κ1) is 13.3. The molecule has 0 aliphatic rings. The van der Waals surface area contributed by atoms with Crippen LogP contribution in [0.4, 0.5) is 5.69 Å². The Morgan fingerprint density at radius 3 is 2.78 bits per heavy atom. The lowest BCUT2D eigenvalue weighted by atomic mass is 10.2. The molecule has 0 spiro atoms. The van der Waals surface area contributed by atoms with Crippen LogP contribution in [0.25, 0.3) is 22.3 Å². The summed E-state index contributed by atoms with van der Waals surface area (Å²) in [7, 11) is 0. The van der Waals surface area contributed by atoms with Gasteiger partial charge in [0.05, 0.1) is 17.9 Å². The summed E-state index contributed by atoms with van der Waals surface area (Å²) in [6.07, 6.45) is 3.25. The average molecular weight is 303 g/mol. The van der Waals surface area contributed by atoms with Crippen LogP contribution in [0.5, 0.6) is 0 Å². The standard InChI is InChI=1S/C17H13N5O/c23-17(20-13-6-7-14-12(8-13)9-19-22-14)15-10-18-16(21-15)11-4-2-1-3-5-11/h1-10H,(H,18,21)(H,19,22)(H,20,23). The molecule has 0 aliphatic heterocycles. The minimum absolute atomic E-state index is 0.234. The van der Waals surface area contributed by atoms with Crippen LogP contribution in [0.15, 0.2) is 60.9 Å². The van der Waals surface area contributed by atoms with Crippen LogP contribution in [-0.2, 0) is 0 Å². The molecule has 0 aliphatic carbocycles. The van der Waals surface area contributed by atoms with Gasteiger partial charge in [-0.15, -0.1) is 0 Å². The second-order valence-corrected chi connectivity index (χ2v) is 5.14. The minimum Gasteiger partial charge on any atom is -0.334 e. The van der Waals surface area contributed by atoms with Gasteiger partial charge in [-0.1, -0.05) is 30.3 Å². The van der Waals surface area contributed by atoms with E-state index in [4.69, 9.17) is 0 Å². The van der Waals surface area contributed by atoms with Gasteiger partial charge in [-0.3, -0.25) is 9.89 Å². The third kappa shape index (κ3) is 2.57. The largest absolute Gasteiger partial charge is 0.334 e. The van der Waals surface area contributed by atoms with Crippen molar-refractivity contribution in [3.05, 3.63) is 66.6 Å². The zero-order valence-electron chi connectivity index (χ0n) is 12.1. The molecule has 4 rings (SSSR count). The SMILES string of the molecule is O=C(Nc1ccc2[nH]ncc2c1)c1cnc(-c2ccccc2)[nH]1. The number of anilines is 1. The van der Waals surface area contributed by atoms with Gasteiger partial charge in [-0.25, -0.2) is 4.98 Å². The number of benzene rings is 2. The van der Waals surface area contributed by atoms with Gasteiger partial charge in [0.25, 0.3) is 5.91 Å². The Labute approximate surface area is 131 Å². The number of carbonyl (C=O) groups is 1. The van der Waals surface area contributed by atoms with Crippen molar-refractivity contribution in [2.45, 2.75) is 0 Å². The first-order chi connectivity index (χ1) is 11.3. The first-order valence-corrected chi connectivity index (χ1v) is 7.14. The van der Waals surface area contributed by atoms with Gasteiger partial charge in [0.1, 0.15) is 11.5 Å². The molecule has 0 bridgehead atoms. The zero-order chi connectivity index (χ0) is 15.6. The van der Waals surface area contributed by atoms with Crippen molar-refractivity contribution >= 4 is 22.5 Å². The highest BCUT2D eigenvalue weighted by molar-refractivity contribution is 6.04. The summed E-state index contributed by atoms with van der Waals surface area (Å²) in [6, 6.07) is 15.2. The fourth-order valence-corrected chi connectivity index (χ4v) is 2.40. The predicted molar refractivity (Wildman–Crippen MR) is 88.1 cm³/mol. The van der Waals surface area contributed by atoms with E-state index in [2.05, 4.69) is 25.5 Å². The van der Waals surface area contributed by atoms with Gasteiger partial charge in [0.2, 0.25) is 0 Å². The zero-order valence-corrected chi connectivity index (χ0v) is 12.1. The van der Waals surface area contributed by atoms with E-state index in [0.29, 0.717) is 17.2 Å². The van der Waals surface area contributed by atoms with Gasteiger partial charge >= 0.3 is 0 Å². The molecule has 0 radical (unpaired) electrons. The molecule has 2 aromatic heterocycles. The quantitative estimate of drug-likeness (QED) is 0.543. The van der Waals surface area contributed by atoms with Crippen molar-refractivity contribution in [2.75, 3.05) is 5.32 Å². The monoisotopic (exact) mass is 303 g/mol. The Morgan fingerprint density at radius 2 is 1.91 bits per heavy atom. The minimum atomic E-state index is -0.234. The Hall–Kier alpha value is -3.41. The van der Waals surface area contributed by atoms with E-state index < -0.39 is 0 Å². The summed E-state index contributed by atoms with van der Waals surface area (Å²) in [5, 5.41) is 10.6. The van der Waals surface area contributed by atoms with Crippen molar-refractivity contribution in [3.63, 3.8) is 0 Å². The molecule has 2 heterocycles. The van der Waals surface area contributed by atoms with Crippen molar-refractivity contribution in [3.8, 4) is 11.4 Å². The number of amides is 1. The van der Waals surface area contributed by atoms with Crippen LogP contribution in [0.3, 0.4) is 0 Å². The number of fused-ring (bicyclic) bond motifs is 1. The number of hydrogen-bond donors (Lipinski definition) is 3. The van der Waals surface area contributed by atoms with Gasteiger partial charge in [-0.2, -0.15) is 5.10 Å². The lowest BCUT2D eigenvalue weighted by Crippen LogP contribution is -2.12. The molecular formula is C17H13N5O. The summed E-state index contributed by atoms with van der Waals surface area (Å²) in [5.41, 5.74) is 2.98. The Morgan fingerprint density at radius 1 is 1.04 bits per heavy atom. The molecule has 1 amide bonds. The van der Waals surface area contributed by atoms with E-state index in [1.807, 2.05) is 48.5 Å². The topological polar surface area (TPSA) is 86.5 Å². The Bertz CT molecular complexity index is 971. The summed E-state index contributed by atoms with van der Waals surface area (Å²) < 4.78 is 0. The number of H-pyrrole nitrogens is 2. The lowest BCUT2D eigenvalue weighted by Gasteiger charge is -2.03. The normalized spacial score (nSPS) is 10.8. The van der Waals surface area contributed by atoms with E-state index >= 15 is 0 Å². The Kier molecular flexibility index (Phi) is 3.12. The molecule has 6 heteroatoms. The van der Waals surface area contributed by atoms with Crippen LogP contribution in [0.2, 0.25) is 0 Å². The van der Waals surface area contributed by atoms with Gasteiger partial charge in [-0.05, 0) is 18.2 Å². The molecule has 0 saturated carbocycles. The molecule has 6 nitrogen and oxygen atoms in total. The third-order valence-corrected chi connectivity index (χ3v) is 3.57. The first-order valence-electron chi connectivity index (χ1n) is 7.14. The molecule has 0 unspecified atom stereocenters.